The van der Waals surface area contributed by atoms with Crippen LogP contribution in [0, 0.1) is 0 Å². The Morgan fingerprint density at radius 3 is 2.92 bits per heavy atom. The van der Waals surface area contributed by atoms with Gasteiger partial charge in [-0.25, -0.2) is 4.99 Å². The van der Waals surface area contributed by atoms with Crippen molar-refractivity contribution in [2.45, 2.75) is 20.0 Å². The van der Waals surface area contributed by atoms with Crippen LogP contribution in [0.1, 0.15) is 18.3 Å². The smallest absolute Gasteiger partial charge is 0.191 e. The normalized spacial score (nSPS) is 11.7. The predicted octanol–water partition coefficient (Wildman–Crippen LogP) is 2.75. The number of guanidine groups is 1. The van der Waals surface area contributed by atoms with Gasteiger partial charge in [-0.1, -0.05) is 34.1 Å². The molecule has 1 aromatic carbocycles. The fraction of sp³-hybridized carbons (Fsp3) is 0.235. The van der Waals surface area contributed by atoms with Crippen molar-refractivity contribution in [1.82, 2.24) is 25.2 Å². The van der Waals surface area contributed by atoms with E-state index >= 15 is 0 Å². The number of fused-ring (bicyclic) bond motifs is 1. The molecule has 3 rings (SSSR count). The van der Waals surface area contributed by atoms with Gasteiger partial charge in [0, 0.05) is 17.2 Å². The highest BCUT2D eigenvalue weighted by atomic mass is 79.9. The minimum absolute atomic E-state index is 0.551. The molecule has 6 nitrogen and oxygen atoms in total. The second-order valence-electron chi connectivity index (χ2n) is 5.22. The molecule has 24 heavy (non-hydrogen) atoms. The minimum atomic E-state index is 0.551. The first-order chi connectivity index (χ1) is 11.8. The first-order valence-corrected chi connectivity index (χ1v) is 8.61. The summed E-state index contributed by atoms with van der Waals surface area (Å²) in [6, 6.07) is 14.0. The van der Waals surface area contributed by atoms with Gasteiger partial charge in [0.2, 0.25) is 0 Å². The molecule has 0 fully saturated rings. The van der Waals surface area contributed by atoms with Crippen molar-refractivity contribution < 1.29 is 0 Å². The molecule has 0 amide bonds. The molecule has 0 radical (unpaired) electrons. The highest BCUT2D eigenvalue weighted by Crippen LogP contribution is 2.12. The maximum absolute atomic E-state index is 4.62. The second-order valence-corrected chi connectivity index (χ2v) is 6.14. The summed E-state index contributed by atoms with van der Waals surface area (Å²) in [5, 5.41) is 14.9. The Morgan fingerprint density at radius 2 is 2.08 bits per heavy atom. The van der Waals surface area contributed by atoms with Gasteiger partial charge in [0.1, 0.15) is 0 Å². The summed E-state index contributed by atoms with van der Waals surface area (Å²) in [6.07, 6.45) is 1.96. The second kappa shape index (κ2) is 7.92. The van der Waals surface area contributed by atoms with Crippen molar-refractivity contribution in [2.75, 3.05) is 6.54 Å². The van der Waals surface area contributed by atoms with Crippen molar-refractivity contribution in [2.24, 2.45) is 4.99 Å². The number of nitrogens with zero attached hydrogens (tertiary/aromatic N) is 4. The zero-order valence-corrected chi connectivity index (χ0v) is 15.0. The summed E-state index contributed by atoms with van der Waals surface area (Å²) in [6.45, 7) is 4.00. The van der Waals surface area contributed by atoms with Crippen LogP contribution in [0.2, 0.25) is 0 Å². The summed E-state index contributed by atoms with van der Waals surface area (Å²) < 4.78 is 3.02. The highest BCUT2D eigenvalue weighted by Gasteiger charge is 2.05. The Morgan fingerprint density at radius 1 is 1.17 bits per heavy atom. The number of benzene rings is 1. The van der Waals surface area contributed by atoms with Gasteiger partial charge in [-0.2, -0.15) is 0 Å². The van der Waals surface area contributed by atoms with Crippen molar-refractivity contribution in [3.63, 3.8) is 0 Å². The summed E-state index contributed by atoms with van der Waals surface area (Å²) in [4.78, 5) is 4.62. The van der Waals surface area contributed by atoms with Gasteiger partial charge >= 0.3 is 0 Å². The minimum Gasteiger partial charge on any atom is -0.357 e. The summed E-state index contributed by atoms with van der Waals surface area (Å²) in [7, 11) is 0. The van der Waals surface area contributed by atoms with E-state index in [-0.39, 0.29) is 0 Å². The van der Waals surface area contributed by atoms with Crippen molar-refractivity contribution >= 4 is 27.5 Å². The third-order valence-corrected chi connectivity index (χ3v) is 3.94. The van der Waals surface area contributed by atoms with Gasteiger partial charge in [0.15, 0.2) is 17.4 Å². The number of hydrogen-bond acceptors (Lipinski definition) is 3. The SMILES string of the molecule is CCNC(=NCc1cccc(Br)c1)NCc1nnc2ccccn12. The molecule has 0 spiro atoms. The van der Waals surface area contributed by atoms with E-state index in [2.05, 4.69) is 53.9 Å². The van der Waals surface area contributed by atoms with Crippen molar-refractivity contribution in [1.29, 1.82) is 0 Å². The lowest BCUT2D eigenvalue weighted by molar-refractivity contribution is 0.765. The summed E-state index contributed by atoms with van der Waals surface area (Å²) >= 11 is 3.48. The molecule has 2 heterocycles. The maximum atomic E-state index is 4.62. The zero-order chi connectivity index (χ0) is 16.8. The topological polar surface area (TPSA) is 66.6 Å². The van der Waals surface area contributed by atoms with E-state index in [0.29, 0.717) is 13.1 Å². The van der Waals surface area contributed by atoms with Crippen LogP contribution in [0.25, 0.3) is 5.65 Å². The molecule has 0 aliphatic rings. The predicted molar refractivity (Wildman–Crippen MR) is 98.8 cm³/mol. The molecule has 0 saturated carbocycles. The lowest BCUT2D eigenvalue weighted by Gasteiger charge is -2.10. The molecule has 0 aliphatic carbocycles. The molecule has 124 valence electrons. The van der Waals surface area contributed by atoms with Crippen LogP contribution in [0.4, 0.5) is 0 Å². The molecule has 3 aromatic rings. The number of pyridine rings is 1. The molecule has 0 bridgehead atoms. The fourth-order valence-corrected chi connectivity index (χ4v) is 2.77. The van der Waals surface area contributed by atoms with Crippen LogP contribution >= 0.6 is 15.9 Å². The molecule has 0 aliphatic heterocycles. The highest BCUT2D eigenvalue weighted by molar-refractivity contribution is 9.10. The molecular formula is C17H19BrN6. The Hall–Kier alpha value is -2.41. The van der Waals surface area contributed by atoms with Gasteiger partial charge in [-0.3, -0.25) is 4.40 Å². The van der Waals surface area contributed by atoms with Crippen LogP contribution in [0.5, 0.6) is 0 Å². The number of halogens is 1. The summed E-state index contributed by atoms with van der Waals surface area (Å²) in [5.74, 6) is 1.60. The Balaban J connectivity index is 1.68. The Labute approximate surface area is 149 Å². The molecule has 0 atom stereocenters. The first-order valence-electron chi connectivity index (χ1n) is 7.81. The van der Waals surface area contributed by atoms with Crippen LogP contribution in [-0.2, 0) is 13.1 Å². The first kappa shape index (κ1) is 16.4. The van der Waals surface area contributed by atoms with Gasteiger partial charge in [-0.15, -0.1) is 10.2 Å². The fourth-order valence-electron chi connectivity index (χ4n) is 2.32. The van der Waals surface area contributed by atoms with Crippen LogP contribution < -0.4 is 10.6 Å². The number of aliphatic imine (C=N–C) groups is 1. The Bertz CT molecular complexity index is 842. The lowest BCUT2D eigenvalue weighted by atomic mass is 10.2. The van der Waals surface area contributed by atoms with Crippen LogP contribution in [-0.4, -0.2) is 27.1 Å². The zero-order valence-electron chi connectivity index (χ0n) is 13.4. The third-order valence-electron chi connectivity index (χ3n) is 3.45. The average molecular weight is 387 g/mol. The van der Waals surface area contributed by atoms with Crippen molar-refractivity contribution in [3.05, 3.63) is 64.5 Å². The molecular weight excluding hydrogens is 368 g/mol. The lowest BCUT2D eigenvalue weighted by Crippen LogP contribution is -2.37. The third kappa shape index (κ3) is 4.11. The van der Waals surface area contributed by atoms with Crippen LogP contribution in [0.15, 0.2) is 58.1 Å². The molecule has 0 unspecified atom stereocenters. The Kier molecular flexibility index (Phi) is 5.43. The van der Waals surface area contributed by atoms with E-state index in [9.17, 15) is 0 Å². The van der Waals surface area contributed by atoms with E-state index in [1.54, 1.807) is 0 Å². The number of nitrogens with one attached hydrogen (secondary N) is 2. The molecule has 2 N–H and O–H groups in total. The van der Waals surface area contributed by atoms with E-state index in [1.807, 2.05) is 47.9 Å². The maximum Gasteiger partial charge on any atom is 0.191 e. The van der Waals surface area contributed by atoms with E-state index in [4.69, 9.17) is 0 Å². The number of aromatic nitrogens is 3. The van der Waals surface area contributed by atoms with Crippen LogP contribution in [0.3, 0.4) is 0 Å². The van der Waals surface area contributed by atoms with E-state index < -0.39 is 0 Å². The quantitative estimate of drug-likeness (QED) is 0.522. The number of rotatable bonds is 5. The molecule has 2 aromatic heterocycles. The number of hydrogen-bond donors (Lipinski definition) is 2. The standard InChI is InChI=1S/C17H19BrN6/c1-2-19-17(20-11-13-6-5-7-14(18)10-13)21-12-16-23-22-15-8-3-4-9-24(15)16/h3-10H,2,11-12H2,1H3,(H2,19,20,21). The molecule has 7 heteroatoms. The average Bonchev–Trinajstić information content (AvgIpc) is 3.01. The summed E-state index contributed by atoms with van der Waals surface area (Å²) in [5.41, 5.74) is 1.99. The molecule has 0 saturated heterocycles. The van der Waals surface area contributed by atoms with Gasteiger partial charge in [-0.05, 0) is 36.8 Å². The van der Waals surface area contributed by atoms with Gasteiger partial charge < -0.3 is 10.6 Å². The monoisotopic (exact) mass is 386 g/mol. The largest absolute Gasteiger partial charge is 0.357 e. The van der Waals surface area contributed by atoms with Gasteiger partial charge in [0.25, 0.3) is 0 Å². The van der Waals surface area contributed by atoms with E-state index in [0.717, 1.165) is 34.0 Å². The van der Waals surface area contributed by atoms with E-state index in [1.165, 1.54) is 0 Å². The van der Waals surface area contributed by atoms with Crippen molar-refractivity contribution in [3.8, 4) is 0 Å². The van der Waals surface area contributed by atoms with Gasteiger partial charge in [0.05, 0.1) is 13.1 Å².